The van der Waals surface area contributed by atoms with Crippen molar-refractivity contribution in [2.24, 2.45) is 0 Å². The molecule has 3 aromatic heterocycles. The lowest BCUT2D eigenvalue weighted by Crippen LogP contribution is -2.21. The minimum atomic E-state index is 0.186. The van der Waals surface area contributed by atoms with E-state index in [4.69, 9.17) is 4.98 Å². The van der Waals surface area contributed by atoms with Gasteiger partial charge < -0.3 is 10.4 Å². The highest BCUT2D eigenvalue weighted by Crippen LogP contribution is 2.30. The Labute approximate surface area is 180 Å². The van der Waals surface area contributed by atoms with Crippen molar-refractivity contribution in [1.82, 2.24) is 19.6 Å². The number of hydrogen-bond donors (Lipinski definition) is 2. The van der Waals surface area contributed by atoms with Crippen LogP contribution in [0.3, 0.4) is 0 Å². The molecule has 0 amide bonds. The van der Waals surface area contributed by atoms with E-state index in [1.54, 1.807) is 24.5 Å². The van der Waals surface area contributed by atoms with Crippen LogP contribution < -0.4 is 5.32 Å². The molecule has 0 aliphatic heterocycles. The molecule has 1 aromatic carbocycles. The Morgan fingerprint density at radius 1 is 1.13 bits per heavy atom. The largest absolute Gasteiger partial charge is 0.508 e. The summed E-state index contributed by atoms with van der Waals surface area (Å²) < 4.78 is 1.85. The number of nitrogens with one attached hydrogen (secondary N) is 1. The smallest absolute Gasteiger partial charge is 0.161 e. The molecule has 2 N–H and O–H groups in total. The summed E-state index contributed by atoms with van der Waals surface area (Å²) in [5, 5.41) is 27.3. The Kier molecular flexibility index (Phi) is 4.55. The Bertz CT molecular complexity index is 1330. The lowest BCUT2D eigenvalue weighted by atomic mass is 10.1. The fourth-order valence-electron chi connectivity index (χ4n) is 4.19. The lowest BCUT2D eigenvalue weighted by Gasteiger charge is -2.16. The van der Waals surface area contributed by atoms with Crippen LogP contribution in [-0.2, 0) is 12.8 Å². The summed E-state index contributed by atoms with van der Waals surface area (Å²) in [6, 6.07) is 11.7. The third kappa shape index (κ3) is 3.46. The quantitative estimate of drug-likeness (QED) is 0.526. The highest BCUT2D eigenvalue weighted by Gasteiger charge is 2.23. The minimum absolute atomic E-state index is 0.186. The average Bonchev–Trinajstić information content (AvgIpc) is 3.37. The fourth-order valence-corrected chi connectivity index (χ4v) is 4.19. The van der Waals surface area contributed by atoms with Gasteiger partial charge in [-0.15, -0.1) is 0 Å². The average molecular weight is 410 g/mol. The van der Waals surface area contributed by atoms with Crippen molar-refractivity contribution in [3.63, 3.8) is 0 Å². The van der Waals surface area contributed by atoms with Gasteiger partial charge in [0.15, 0.2) is 5.65 Å². The van der Waals surface area contributed by atoms with Gasteiger partial charge in [-0.2, -0.15) is 14.9 Å². The molecule has 5 rings (SSSR count). The summed E-state index contributed by atoms with van der Waals surface area (Å²) >= 11 is 0. The van der Waals surface area contributed by atoms with Crippen LogP contribution >= 0.6 is 0 Å². The van der Waals surface area contributed by atoms with Crippen molar-refractivity contribution in [2.45, 2.75) is 38.6 Å². The number of benzene rings is 1. The zero-order chi connectivity index (χ0) is 21.5. The predicted molar refractivity (Wildman–Crippen MR) is 118 cm³/mol. The molecular weight excluding hydrogens is 388 g/mol. The van der Waals surface area contributed by atoms with Gasteiger partial charge in [0, 0.05) is 35.6 Å². The molecule has 7 heteroatoms. The molecule has 1 aliphatic carbocycles. The fraction of sp³-hybridized carbons (Fsp3) is 0.250. The van der Waals surface area contributed by atoms with Crippen LogP contribution in [0.1, 0.15) is 42.0 Å². The molecule has 7 nitrogen and oxygen atoms in total. The lowest BCUT2D eigenvalue weighted by molar-refractivity contribution is 0.474. The second kappa shape index (κ2) is 7.40. The second-order valence-electron chi connectivity index (χ2n) is 8.29. The molecule has 0 fully saturated rings. The maximum absolute atomic E-state index is 9.80. The van der Waals surface area contributed by atoms with E-state index in [9.17, 15) is 10.4 Å². The maximum atomic E-state index is 9.80. The van der Waals surface area contributed by atoms with Crippen LogP contribution in [0.4, 0.5) is 5.82 Å². The van der Waals surface area contributed by atoms with E-state index in [1.807, 2.05) is 28.9 Å². The molecule has 0 bridgehead atoms. The van der Waals surface area contributed by atoms with Crippen LogP contribution in [0.2, 0.25) is 0 Å². The number of aromatic hydroxyl groups is 1. The zero-order valence-corrected chi connectivity index (χ0v) is 17.4. The van der Waals surface area contributed by atoms with Gasteiger partial charge in [0.05, 0.1) is 17.5 Å². The summed E-state index contributed by atoms with van der Waals surface area (Å²) in [5.41, 5.74) is 6.31. The standard InChI is InChI=1S/C24H22N6O/c1-14(2)21-13-27-30-23(28-19-6-16-3-4-20(31)8-17(16)7-19)9-22(29-24(21)30)18-5-15(10-25)11-26-12-18/h3-5,8-9,11-14,19,28,31H,6-7H2,1-2H3/t19-/m0/s1. The molecule has 3 heterocycles. The molecule has 4 aromatic rings. The Hall–Kier alpha value is -3.92. The maximum Gasteiger partial charge on any atom is 0.161 e. The first-order valence-corrected chi connectivity index (χ1v) is 10.3. The predicted octanol–water partition coefficient (Wildman–Crippen LogP) is 4.07. The minimum Gasteiger partial charge on any atom is -0.508 e. The van der Waals surface area contributed by atoms with Crippen molar-refractivity contribution < 1.29 is 5.11 Å². The van der Waals surface area contributed by atoms with Gasteiger partial charge in [0.2, 0.25) is 0 Å². The molecular formula is C24H22N6O. The highest BCUT2D eigenvalue weighted by molar-refractivity contribution is 5.68. The molecule has 1 aliphatic rings. The number of nitriles is 1. The number of fused-ring (bicyclic) bond motifs is 2. The topological polar surface area (TPSA) is 99.1 Å². The van der Waals surface area contributed by atoms with E-state index in [0.717, 1.165) is 46.7 Å². The van der Waals surface area contributed by atoms with E-state index in [-0.39, 0.29) is 12.0 Å². The number of phenolic OH excluding ortho intramolecular Hbond substituents is 1. The van der Waals surface area contributed by atoms with Crippen LogP contribution in [0, 0.1) is 11.3 Å². The van der Waals surface area contributed by atoms with Gasteiger partial charge in [-0.1, -0.05) is 19.9 Å². The number of anilines is 1. The number of phenols is 1. The summed E-state index contributed by atoms with van der Waals surface area (Å²) in [6.07, 6.45) is 6.84. The van der Waals surface area contributed by atoms with Crippen LogP contribution in [-0.4, -0.2) is 30.7 Å². The van der Waals surface area contributed by atoms with Crippen LogP contribution in [0.5, 0.6) is 5.75 Å². The Morgan fingerprint density at radius 2 is 1.97 bits per heavy atom. The first-order valence-electron chi connectivity index (χ1n) is 10.3. The monoisotopic (exact) mass is 410 g/mol. The van der Waals surface area contributed by atoms with E-state index in [2.05, 4.69) is 35.3 Å². The third-order valence-corrected chi connectivity index (χ3v) is 5.76. The molecule has 1 atom stereocenters. The molecule has 0 radical (unpaired) electrons. The first kappa shape index (κ1) is 19.1. The SMILES string of the molecule is CC(C)c1cnn2c(N[C@H]3Cc4ccc(O)cc4C3)cc(-c3cncc(C#N)c3)nc12. The first-order chi connectivity index (χ1) is 15.0. The molecule has 0 saturated heterocycles. The molecule has 0 saturated carbocycles. The van der Waals surface area contributed by atoms with E-state index < -0.39 is 0 Å². The Morgan fingerprint density at radius 3 is 2.77 bits per heavy atom. The van der Waals surface area contributed by atoms with E-state index >= 15 is 0 Å². The normalized spacial score (nSPS) is 15.2. The summed E-state index contributed by atoms with van der Waals surface area (Å²) in [5.74, 6) is 1.41. The number of pyridine rings is 1. The third-order valence-electron chi connectivity index (χ3n) is 5.76. The van der Waals surface area contributed by atoms with Crippen LogP contribution in [0.25, 0.3) is 16.9 Å². The van der Waals surface area contributed by atoms with Crippen molar-refractivity contribution in [3.8, 4) is 23.1 Å². The molecule has 0 unspecified atom stereocenters. The van der Waals surface area contributed by atoms with Crippen molar-refractivity contribution >= 4 is 11.5 Å². The highest BCUT2D eigenvalue weighted by atomic mass is 16.3. The molecule has 31 heavy (non-hydrogen) atoms. The van der Waals surface area contributed by atoms with Gasteiger partial charge in [-0.3, -0.25) is 4.98 Å². The number of aromatic nitrogens is 4. The number of rotatable bonds is 4. The van der Waals surface area contributed by atoms with Gasteiger partial charge in [-0.25, -0.2) is 4.98 Å². The summed E-state index contributed by atoms with van der Waals surface area (Å²) in [4.78, 5) is 9.06. The summed E-state index contributed by atoms with van der Waals surface area (Å²) in [7, 11) is 0. The van der Waals surface area contributed by atoms with Crippen molar-refractivity contribution in [2.75, 3.05) is 5.32 Å². The van der Waals surface area contributed by atoms with Crippen LogP contribution in [0.15, 0.2) is 48.9 Å². The van der Waals surface area contributed by atoms with Gasteiger partial charge in [0.1, 0.15) is 17.6 Å². The molecule has 154 valence electrons. The number of hydrogen-bond acceptors (Lipinski definition) is 6. The van der Waals surface area contributed by atoms with Gasteiger partial charge >= 0.3 is 0 Å². The number of nitrogens with zero attached hydrogens (tertiary/aromatic N) is 5. The van der Waals surface area contributed by atoms with Crippen molar-refractivity contribution in [1.29, 1.82) is 5.26 Å². The summed E-state index contributed by atoms with van der Waals surface area (Å²) in [6.45, 7) is 4.24. The zero-order valence-electron chi connectivity index (χ0n) is 17.4. The van der Waals surface area contributed by atoms with Crippen molar-refractivity contribution in [3.05, 3.63) is 71.2 Å². The molecule has 0 spiro atoms. The van der Waals surface area contributed by atoms with E-state index in [1.165, 1.54) is 5.56 Å². The second-order valence-corrected chi connectivity index (χ2v) is 8.29. The van der Waals surface area contributed by atoms with E-state index in [0.29, 0.717) is 11.3 Å². The Balaban J connectivity index is 1.57. The van der Waals surface area contributed by atoms with Gasteiger partial charge in [-0.05, 0) is 48.1 Å². The van der Waals surface area contributed by atoms with Gasteiger partial charge in [0.25, 0.3) is 0 Å².